The van der Waals surface area contributed by atoms with Gasteiger partial charge in [-0.15, -0.1) is 0 Å². The fraction of sp³-hybridized carbons (Fsp3) is 0.0909. The monoisotopic (exact) mass is 810 g/mol. The van der Waals surface area contributed by atoms with Crippen LogP contribution in [0.5, 0.6) is 0 Å². The van der Waals surface area contributed by atoms with E-state index in [4.69, 9.17) is 0 Å². The molecule has 7 heteroatoms. The molecule has 2 aromatic heterocycles. The number of hydrogen-bond donors (Lipinski definition) is 0. The first kappa shape index (κ1) is 38.3. The van der Waals surface area contributed by atoms with E-state index in [0.29, 0.717) is 11.4 Å². The van der Waals surface area contributed by atoms with Gasteiger partial charge in [-0.3, -0.25) is 0 Å². The first-order chi connectivity index (χ1) is 29.9. The van der Waals surface area contributed by atoms with E-state index in [0.717, 1.165) is 83.1 Å². The van der Waals surface area contributed by atoms with E-state index in [1.165, 1.54) is 23.3 Å². The molecule has 0 saturated carbocycles. The summed E-state index contributed by atoms with van der Waals surface area (Å²) in [5, 5.41) is 25.5. The van der Waals surface area contributed by atoms with E-state index in [1.54, 1.807) is 12.1 Å². The molecule has 0 aliphatic rings. The largest absolute Gasteiger partial charge is 0.417 e. The van der Waals surface area contributed by atoms with Crippen LogP contribution < -0.4 is 0 Å². The minimum atomic E-state index is -4.77. The van der Waals surface area contributed by atoms with Gasteiger partial charge in [-0.05, 0) is 127 Å². The van der Waals surface area contributed by atoms with E-state index in [1.807, 2.05) is 75.9 Å². The standard InChI is InChI=1S/C55H37F3N4/c1-32-16-20-40(34(3)24-32)36-18-22-50-44(26-36)42-11-5-7-14-48(42)61(50)52-28-39(54-38(30-59)10-9-13-47(54)55(56,57)58)29-53(46(52)31-60)62-49-15-8-6-12-43(49)45-27-37(19-23-51(45)62)41-21-17-33(2)25-35(41)4/h5-29H,1-4H3. The Morgan fingerprint density at radius 2 is 0.935 bits per heavy atom. The fourth-order valence-corrected chi connectivity index (χ4v) is 9.49. The van der Waals surface area contributed by atoms with Gasteiger partial charge in [-0.2, -0.15) is 23.7 Å². The zero-order chi connectivity index (χ0) is 43.0. The number of nitrogens with zero attached hydrogens (tertiary/aromatic N) is 4. The van der Waals surface area contributed by atoms with Crippen molar-refractivity contribution in [3.05, 3.63) is 191 Å². The highest BCUT2D eigenvalue weighted by atomic mass is 19.4. The maximum atomic E-state index is 15.1. The van der Waals surface area contributed by atoms with Crippen molar-refractivity contribution in [1.82, 2.24) is 9.13 Å². The summed E-state index contributed by atoms with van der Waals surface area (Å²) in [5.41, 5.74) is 11.9. The van der Waals surface area contributed by atoms with Gasteiger partial charge in [0.1, 0.15) is 11.6 Å². The minimum Gasteiger partial charge on any atom is -0.308 e. The number of alkyl halides is 3. The molecule has 8 aromatic carbocycles. The molecule has 0 bridgehead atoms. The molecule has 0 fully saturated rings. The Bertz CT molecular complexity index is 3400. The number of hydrogen-bond acceptors (Lipinski definition) is 2. The summed E-state index contributed by atoms with van der Waals surface area (Å²) >= 11 is 0. The average molecular weight is 811 g/mol. The van der Waals surface area contributed by atoms with Gasteiger partial charge in [0.05, 0.1) is 50.6 Å². The van der Waals surface area contributed by atoms with Gasteiger partial charge >= 0.3 is 6.18 Å². The lowest BCUT2D eigenvalue weighted by molar-refractivity contribution is -0.137. The fourth-order valence-electron chi connectivity index (χ4n) is 9.49. The molecule has 0 unspecified atom stereocenters. The van der Waals surface area contributed by atoms with E-state index in [2.05, 4.69) is 94.4 Å². The molecule has 0 N–H and O–H groups in total. The molecule has 10 rings (SSSR count). The number of fused-ring (bicyclic) bond motifs is 6. The number of rotatable bonds is 5. The third-order valence-corrected chi connectivity index (χ3v) is 12.2. The quantitative estimate of drug-likeness (QED) is 0.174. The van der Waals surface area contributed by atoms with Gasteiger partial charge in [0, 0.05) is 27.1 Å². The summed E-state index contributed by atoms with van der Waals surface area (Å²) in [4.78, 5) is 0. The Morgan fingerprint density at radius 3 is 1.39 bits per heavy atom. The third kappa shape index (κ3) is 6.05. The number of aryl methyl sites for hydroxylation is 4. The van der Waals surface area contributed by atoms with E-state index in [9.17, 15) is 10.5 Å². The zero-order valence-electron chi connectivity index (χ0n) is 34.4. The highest BCUT2D eigenvalue weighted by molar-refractivity contribution is 6.12. The minimum absolute atomic E-state index is 0.123. The number of benzene rings is 8. The molecule has 0 aliphatic carbocycles. The normalized spacial score (nSPS) is 11.8. The van der Waals surface area contributed by atoms with E-state index >= 15 is 13.2 Å². The first-order valence-electron chi connectivity index (χ1n) is 20.4. The topological polar surface area (TPSA) is 57.4 Å². The highest BCUT2D eigenvalue weighted by Crippen LogP contribution is 2.45. The van der Waals surface area contributed by atoms with Crippen LogP contribution in [0.15, 0.2) is 152 Å². The highest BCUT2D eigenvalue weighted by Gasteiger charge is 2.35. The van der Waals surface area contributed by atoms with Gasteiger partial charge in [0.15, 0.2) is 0 Å². The molecule has 4 nitrogen and oxygen atoms in total. The Labute approximate surface area is 356 Å². The molecule has 0 spiro atoms. The van der Waals surface area contributed by atoms with Crippen molar-refractivity contribution in [2.24, 2.45) is 0 Å². The van der Waals surface area contributed by atoms with Crippen LogP contribution in [0, 0.1) is 50.4 Å². The van der Waals surface area contributed by atoms with Gasteiger partial charge in [0.2, 0.25) is 0 Å². The van der Waals surface area contributed by atoms with Crippen molar-refractivity contribution in [2.75, 3.05) is 0 Å². The summed E-state index contributed by atoms with van der Waals surface area (Å²) in [5.74, 6) is 0. The van der Waals surface area contributed by atoms with Crippen molar-refractivity contribution < 1.29 is 13.2 Å². The maximum absolute atomic E-state index is 15.1. The third-order valence-electron chi connectivity index (χ3n) is 12.2. The van der Waals surface area contributed by atoms with Crippen LogP contribution in [-0.4, -0.2) is 9.13 Å². The molecule has 0 atom stereocenters. The second-order valence-electron chi connectivity index (χ2n) is 16.1. The number of halogens is 3. The Morgan fingerprint density at radius 1 is 0.452 bits per heavy atom. The second kappa shape index (κ2) is 14.4. The summed E-state index contributed by atoms with van der Waals surface area (Å²) < 4.78 is 49.1. The van der Waals surface area contributed by atoms with Crippen molar-refractivity contribution >= 4 is 43.6 Å². The molecule has 62 heavy (non-hydrogen) atoms. The second-order valence-corrected chi connectivity index (χ2v) is 16.1. The molecule has 0 aliphatic heterocycles. The van der Waals surface area contributed by atoms with Crippen molar-refractivity contribution in [3.8, 4) is 56.9 Å². The van der Waals surface area contributed by atoms with Crippen molar-refractivity contribution in [1.29, 1.82) is 10.5 Å². The zero-order valence-corrected chi connectivity index (χ0v) is 34.4. The molecule has 2 heterocycles. The first-order valence-corrected chi connectivity index (χ1v) is 20.4. The molecular formula is C55H37F3N4. The van der Waals surface area contributed by atoms with Crippen molar-refractivity contribution in [2.45, 2.75) is 33.9 Å². The summed E-state index contributed by atoms with van der Waals surface area (Å²) in [7, 11) is 0. The van der Waals surface area contributed by atoms with Crippen LogP contribution in [0.4, 0.5) is 13.2 Å². The smallest absolute Gasteiger partial charge is 0.308 e. The van der Waals surface area contributed by atoms with Gasteiger partial charge in [-0.25, -0.2) is 0 Å². The van der Waals surface area contributed by atoms with E-state index in [-0.39, 0.29) is 22.3 Å². The SMILES string of the molecule is Cc1ccc(-c2ccc3c(c2)c2ccccc2n3-c2cc(-c3c(C#N)cccc3C(F)(F)F)cc(-n3c4ccccc4c4cc(-c5ccc(C)cc5C)ccc43)c2C#N)c(C)c1. The van der Waals surface area contributed by atoms with Crippen molar-refractivity contribution in [3.63, 3.8) is 0 Å². The van der Waals surface area contributed by atoms with Crippen LogP contribution >= 0.6 is 0 Å². The molecule has 298 valence electrons. The summed E-state index contributed by atoms with van der Waals surface area (Å²) in [6, 6.07) is 52.5. The maximum Gasteiger partial charge on any atom is 0.417 e. The Hall–Kier alpha value is -7.87. The van der Waals surface area contributed by atoms with Gasteiger partial charge in [0.25, 0.3) is 0 Å². The Balaban J connectivity index is 1.33. The lowest BCUT2D eigenvalue weighted by Gasteiger charge is -2.20. The predicted octanol–water partition coefficient (Wildman–Crippen LogP) is 14.9. The predicted molar refractivity (Wildman–Crippen MR) is 245 cm³/mol. The molecule has 10 aromatic rings. The number of aromatic nitrogens is 2. The molecule has 0 saturated heterocycles. The average Bonchev–Trinajstić information content (AvgIpc) is 3.77. The molecule has 0 amide bonds. The summed E-state index contributed by atoms with van der Waals surface area (Å²) in [6.45, 7) is 8.32. The Kier molecular flexibility index (Phi) is 8.91. The van der Waals surface area contributed by atoms with Gasteiger partial charge in [-0.1, -0.05) is 102 Å². The number of nitriles is 2. The van der Waals surface area contributed by atoms with Crippen LogP contribution in [0.25, 0.3) is 88.4 Å². The molecular weight excluding hydrogens is 774 g/mol. The lowest BCUT2D eigenvalue weighted by atomic mass is 9.92. The van der Waals surface area contributed by atoms with E-state index < -0.39 is 11.7 Å². The number of para-hydroxylation sites is 2. The molecule has 0 radical (unpaired) electrons. The van der Waals surface area contributed by atoms with Gasteiger partial charge < -0.3 is 9.13 Å². The van der Waals surface area contributed by atoms with Crippen LogP contribution in [0.3, 0.4) is 0 Å². The van der Waals surface area contributed by atoms with Crippen LogP contribution in [0.1, 0.15) is 38.9 Å². The summed E-state index contributed by atoms with van der Waals surface area (Å²) in [6.07, 6.45) is -4.77. The van der Waals surface area contributed by atoms with Crippen LogP contribution in [0.2, 0.25) is 0 Å². The van der Waals surface area contributed by atoms with Crippen LogP contribution in [-0.2, 0) is 6.18 Å². The lowest BCUT2D eigenvalue weighted by Crippen LogP contribution is -2.10.